The molecule has 0 spiro atoms. The highest BCUT2D eigenvalue weighted by Gasteiger charge is 2.36. The number of alkyl halides is 6. The van der Waals surface area contributed by atoms with Crippen LogP contribution < -0.4 is 9.80 Å². The van der Waals surface area contributed by atoms with Crippen molar-refractivity contribution in [2.24, 2.45) is 0 Å². The lowest BCUT2D eigenvalue weighted by molar-refractivity contribution is -0.138. The average molecular weight is 426 g/mol. The van der Waals surface area contributed by atoms with Gasteiger partial charge in [0.05, 0.1) is 11.1 Å². The van der Waals surface area contributed by atoms with Crippen LogP contribution in [-0.2, 0) is 12.4 Å². The second-order valence-electron chi connectivity index (χ2n) is 6.32. The quantitative estimate of drug-likeness (QED) is 0.683. The number of hydrogen-bond donors (Lipinski definition) is 0. The lowest BCUT2D eigenvalue weighted by Gasteiger charge is -2.36. The van der Waals surface area contributed by atoms with Gasteiger partial charge in [0.15, 0.2) is 11.4 Å². The average Bonchev–Trinajstić information content (AvgIpc) is 2.71. The van der Waals surface area contributed by atoms with E-state index in [9.17, 15) is 26.3 Å². The maximum atomic E-state index is 12.9. The van der Waals surface area contributed by atoms with Gasteiger partial charge >= 0.3 is 12.4 Å². The van der Waals surface area contributed by atoms with Crippen molar-refractivity contribution in [3.05, 3.63) is 46.8 Å². The summed E-state index contributed by atoms with van der Waals surface area (Å²) in [5.41, 5.74) is -3.70. The number of aromatic nitrogens is 2. The molecule has 1 aliphatic heterocycles. The standard InChI is InChI=1S/C18H12F6N6/c19-17(20,21)11-1-3-15(27-13(11)9-25)29-5-7-30(8-6-29)16-4-2-12(18(22,23)24)14(10-26)28-16/h1-4H,5-8H2. The molecule has 0 bridgehead atoms. The van der Waals surface area contributed by atoms with E-state index in [1.807, 2.05) is 0 Å². The van der Waals surface area contributed by atoms with Crippen molar-refractivity contribution in [1.29, 1.82) is 10.5 Å². The van der Waals surface area contributed by atoms with Crippen LogP contribution in [-0.4, -0.2) is 36.1 Å². The number of hydrogen-bond acceptors (Lipinski definition) is 6. The highest BCUT2D eigenvalue weighted by atomic mass is 19.4. The number of anilines is 2. The maximum absolute atomic E-state index is 12.9. The van der Waals surface area contributed by atoms with Gasteiger partial charge in [-0.15, -0.1) is 0 Å². The molecule has 0 N–H and O–H groups in total. The summed E-state index contributed by atoms with van der Waals surface area (Å²) in [5.74, 6) is 0.384. The van der Waals surface area contributed by atoms with Crippen molar-refractivity contribution < 1.29 is 26.3 Å². The monoisotopic (exact) mass is 426 g/mol. The van der Waals surface area contributed by atoms with Crippen molar-refractivity contribution in [2.45, 2.75) is 12.4 Å². The second kappa shape index (κ2) is 7.71. The summed E-state index contributed by atoms with van der Waals surface area (Å²) < 4.78 is 77.4. The van der Waals surface area contributed by atoms with E-state index in [4.69, 9.17) is 10.5 Å². The normalized spacial score (nSPS) is 14.9. The van der Waals surface area contributed by atoms with Crippen molar-refractivity contribution in [3.8, 4) is 12.1 Å². The molecule has 0 aromatic carbocycles. The zero-order chi connectivity index (χ0) is 22.1. The molecule has 3 rings (SSSR count). The molecule has 1 fully saturated rings. The van der Waals surface area contributed by atoms with Crippen molar-refractivity contribution >= 4 is 11.6 Å². The van der Waals surface area contributed by atoms with E-state index in [0.717, 1.165) is 12.1 Å². The first-order valence-corrected chi connectivity index (χ1v) is 8.51. The van der Waals surface area contributed by atoms with Gasteiger partial charge < -0.3 is 9.80 Å². The Labute approximate surface area is 166 Å². The predicted octanol–water partition coefficient (Wildman–Crippen LogP) is 3.58. The molecule has 0 amide bonds. The van der Waals surface area contributed by atoms with Crippen molar-refractivity contribution in [3.63, 3.8) is 0 Å². The third-order valence-electron chi connectivity index (χ3n) is 4.51. The van der Waals surface area contributed by atoms with Gasteiger partial charge in [0.25, 0.3) is 0 Å². The molecule has 30 heavy (non-hydrogen) atoms. The Morgan fingerprint density at radius 3 is 1.27 bits per heavy atom. The van der Waals surface area contributed by atoms with Crippen LogP contribution in [0.2, 0.25) is 0 Å². The minimum atomic E-state index is -4.69. The number of piperazine rings is 1. The molecule has 1 saturated heterocycles. The first kappa shape index (κ1) is 21.2. The molecule has 6 nitrogen and oxygen atoms in total. The molecule has 12 heteroatoms. The Morgan fingerprint density at radius 1 is 0.667 bits per heavy atom. The summed E-state index contributed by atoms with van der Waals surface area (Å²) in [7, 11) is 0. The number of pyridine rings is 2. The predicted molar refractivity (Wildman–Crippen MR) is 92.3 cm³/mol. The zero-order valence-corrected chi connectivity index (χ0v) is 15.1. The Hall–Kier alpha value is -3.54. The summed E-state index contributed by atoms with van der Waals surface area (Å²) in [6.07, 6.45) is -9.38. The van der Waals surface area contributed by atoms with Crippen LogP contribution in [0.1, 0.15) is 22.5 Å². The minimum Gasteiger partial charge on any atom is -0.353 e. The van der Waals surface area contributed by atoms with Crippen LogP contribution in [0.3, 0.4) is 0 Å². The Balaban J connectivity index is 1.76. The summed E-state index contributed by atoms with van der Waals surface area (Å²) in [6.45, 7) is 1.14. The minimum absolute atomic E-state index is 0.192. The fraction of sp³-hybridized carbons (Fsp3) is 0.333. The SMILES string of the molecule is N#Cc1nc(N2CCN(c3ccc(C(F)(F)F)c(C#N)n3)CC2)ccc1C(F)(F)F. The summed E-state index contributed by atoms with van der Waals surface area (Å²) in [4.78, 5) is 10.9. The molecule has 156 valence electrons. The first-order chi connectivity index (χ1) is 14.0. The Morgan fingerprint density at radius 2 is 1.00 bits per heavy atom. The smallest absolute Gasteiger partial charge is 0.353 e. The van der Waals surface area contributed by atoms with Crippen LogP contribution in [0.25, 0.3) is 0 Å². The number of nitrogens with zero attached hydrogens (tertiary/aromatic N) is 6. The van der Waals surface area contributed by atoms with E-state index >= 15 is 0 Å². The fourth-order valence-electron chi connectivity index (χ4n) is 3.04. The number of rotatable bonds is 2. The van der Waals surface area contributed by atoms with Gasteiger partial charge in [0.1, 0.15) is 23.8 Å². The molecule has 2 aromatic heterocycles. The van der Waals surface area contributed by atoms with E-state index in [-0.39, 0.29) is 37.8 Å². The van der Waals surface area contributed by atoms with E-state index in [1.165, 1.54) is 24.3 Å². The van der Waals surface area contributed by atoms with Crippen LogP contribution in [0.5, 0.6) is 0 Å². The lowest BCUT2D eigenvalue weighted by atomic mass is 10.1. The molecule has 0 saturated carbocycles. The molecular formula is C18H12F6N6. The van der Waals surface area contributed by atoms with Crippen LogP contribution in [0.15, 0.2) is 24.3 Å². The van der Waals surface area contributed by atoms with Crippen LogP contribution in [0.4, 0.5) is 38.0 Å². The van der Waals surface area contributed by atoms with E-state index in [2.05, 4.69) is 9.97 Å². The second-order valence-corrected chi connectivity index (χ2v) is 6.32. The zero-order valence-electron chi connectivity index (χ0n) is 15.1. The molecule has 3 heterocycles. The topological polar surface area (TPSA) is 79.8 Å². The molecule has 2 aromatic rings. The van der Waals surface area contributed by atoms with Gasteiger partial charge in [0, 0.05) is 26.2 Å². The molecule has 0 aliphatic carbocycles. The van der Waals surface area contributed by atoms with Crippen molar-refractivity contribution in [1.82, 2.24) is 9.97 Å². The Bertz CT molecular complexity index is 942. The number of nitriles is 2. The van der Waals surface area contributed by atoms with E-state index < -0.39 is 34.9 Å². The molecule has 0 atom stereocenters. The van der Waals surface area contributed by atoms with Gasteiger partial charge in [-0.05, 0) is 24.3 Å². The molecule has 1 aliphatic rings. The van der Waals surface area contributed by atoms with Crippen molar-refractivity contribution in [2.75, 3.05) is 36.0 Å². The van der Waals surface area contributed by atoms with Gasteiger partial charge in [-0.25, -0.2) is 9.97 Å². The Kier molecular flexibility index (Phi) is 5.44. The highest BCUT2D eigenvalue weighted by Crippen LogP contribution is 2.33. The maximum Gasteiger partial charge on any atom is 0.419 e. The third kappa shape index (κ3) is 4.22. The third-order valence-corrected chi connectivity index (χ3v) is 4.51. The van der Waals surface area contributed by atoms with E-state index in [0.29, 0.717) is 0 Å². The largest absolute Gasteiger partial charge is 0.419 e. The summed E-state index contributed by atoms with van der Waals surface area (Å²) in [6, 6.07) is 6.82. The summed E-state index contributed by atoms with van der Waals surface area (Å²) >= 11 is 0. The fourth-order valence-corrected chi connectivity index (χ4v) is 3.04. The molecule has 0 radical (unpaired) electrons. The van der Waals surface area contributed by atoms with E-state index in [1.54, 1.807) is 9.80 Å². The van der Waals surface area contributed by atoms with Gasteiger partial charge in [-0.3, -0.25) is 0 Å². The van der Waals surface area contributed by atoms with Gasteiger partial charge in [-0.2, -0.15) is 36.9 Å². The van der Waals surface area contributed by atoms with Crippen LogP contribution in [0, 0.1) is 22.7 Å². The first-order valence-electron chi connectivity index (χ1n) is 8.51. The van der Waals surface area contributed by atoms with Gasteiger partial charge in [0.2, 0.25) is 0 Å². The summed E-state index contributed by atoms with van der Waals surface area (Å²) in [5, 5.41) is 17.9. The van der Waals surface area contributed by atoms with Crippen LogP contribution >= 0.6 is 0 Å². The lowest BCUT2D eigenvalue weighted by Crippen LogP contribution is -2.47. The number of halogens is 6. The molecule has 0 unspecified atom stereocenters. The molecular weight excluding hydrogens is 414 g/mol. The van der Waals surface area contributed by atoms with Gasteiger partial charge in [-0.1, -0.05) is 0 Å². The highest BCUT2D eigenvalue weighted by molar-refractivity contribution is 5.50.